The van der Waals surface area contributed by atoms with Crippen molar-refractivity contribution in [1.29, 1.82) is 0 Å². The van der Waals surface area contributed by atoms with Gasteiger partial charge in [-0.05, 0) is 38.9 Å². The largest absolute Gasteiger partial charge is 0.467 e. The van der Waals surface area contributed by atoms with Gasteiger partial charge in [-0.25, -0.2) is 0 Å². The maximum Gasteiger partial charge on any atom is 0.239 e. The zero-order valence-corrected chi connectivity index (χ0v) is 12.0. The summed E-state index contributed by atoms with van der Waals surface area (Å²) in [5.74, 6) is 0.831. The predicted molar refractivity (Wildman–Crippen MR) is 73.7 cm³/mol. The fourth-order valence-corrected chi connectivity index (χ4v) is 1.69. The Hall–Kier alpha value is -1.33. The average molecular weight is 268 g/mol. The summed E-state index contributed by atoms with van der Waals surface area (Å²) in [6, 6.07) is 3.71. The number of furan rings is 1. The molecule has 19 heavy (non-hydrogen) atoms. The predicted octanol–water partition coefficient (Wildman–Crippen LogP) is 1.69. The molecule has 0 saturated heterocycles. The van der Waals surface area contributed by atoms with Crippen LogP contribution in [0.3, 0.4) is 0 Å². The van der Waals surface area contributed by atoms with Crippen LogP contribution in [0.2, 0.25) is 0 Å². The molecule has 0 aliphatic heterocycles. The number of rotatable bonds is 9. The van der Waals surface area contributed by atoms with Crippen LogP contribution in [-0.2, 0) is 16.1 Å². The van der Waals surface area contributed by atoms with Gasteiger partial charge in [0.05, 0.1) is 11.8 Å². The van der Waals surface area contributed by atoms with Crippen molar-refractivity contribution in [3.05, 3.63) is 24.2 Å². The van der Waals surface area contributed by atoms with E-state index in [1.807, 2.05) is 32.9 Å². The highest BCUT2D eigenvalue weighted by molar-refractivity contribution is 5.85. The maximum atomic E-state index is 11.8. The molecule has 1 aromatic heterocycles. The van der Waals surface area contributed by atoms with Crippen LogP contribution in [0.1, 0.15) is 33.0 Å². The van der Waals surface area contributed by atoms with Crippen molar-refractivity contribution < 1.29 is 13.9 Å². The van der Waals surface area contributed by atoms with Gasteiger partial charge in [-0.2, -0.15) is 0 Å². The zero-order chi connectivity index (χ0) is 14.1. The van der Waals surface area contributed by atoms with Crippen LogP contribution >= 0.6 is 0 Å². The summed E-state index contributed by atoms with van der Waals surface area (Å²) in [6.07, 6.45) is 2.41. The molecule has 0 radical (unpaired) electrons. The van der Waals surface area contributed by atoms with Crippen LogP contribution in [0, 0.1) is 0 Å². The van der Waals surface area contributed by atoms with Crippen molar-refractivity contribution in [2.24, 2.45) is 0 Å². The Bertz CT molecular complexity index is 361. The zero-order valence-electron chi connectivity index (χ0n) is 12.0. The molecule has 5 heteroatoms. The third kappa shape index (κ3) is 5.89. The molecule has 1 amide bonds. The van der Waals surface area contributed by atoms with Crippen LogP contribution in [0.4, 0.5) is 0 Å². The number of nitrogens with one attached hydrogen (secondary N) is 2. The molecule has 5 nitrogen and oxygen atoms in total. The summed E-state index contributed by atoms with van der Waals surface area (Å²) in [6.45, 7) is 8.20. The number of ether oxygens (including phenoxy) is 1. The summed E-state index contributed by atoms with van der Waals surface area (Å²) in [4.78, 5) is 11.8. The molecule has 0 spiro atoms. The first-order chi connectivity index (χ1) is 9.06. The molecule has 0 unspecified atom stereocenters. The lowest BCUT2D eigenvalue weighted by molar-refractivity contribution is -0.126. The van der Waals surface area contributed by atoms with Crippen LogP contribution in [0.15, 0.2) is 22.8 Å². The van der Waals surface area contributed by atoms with Gasteiger partial charge in [0, 0.05) is 13.2 Å². The summed E-state index contributed by atoms with van der Waals surface area (Å²) >= 11 is 0. The maximum absolute atomic E-state index is 11.8. The second kappa shape index (κ2) is 7.96. The highest BCUT2D eigenvalue weighted by Gasteiger charge is 2.25. The van der Waals surface area contributed by atoms with E-state index < -0.39 is 5.54 Å². The molecular formula is C14H24N2O3. The second-order valence-electron chi connectivity index (χ2n) is 4.90. The molecule has 108 valence electrons. The number of hydrogen-bond donors (Lipinski definition) is 2. The van der Waals surface area contributed by atoms with E-state index in [1.165, 1.54) is 0 Å². The monoisotopic (exact) mass is 268 g/mol. The fraction of sp³-hybridized carbons (Fsp3) is 0.643. The highest BCUT2D eigenvalue weighted by atomic mass is 16.5. The molecule has 0 aromatic carbocycles. The molecule has 0 aliphatic carbocycles. The summed E-state index contributed by atoms with van der Waals surface area (Å²) in [5, 5.41) is 6.03. The van der Waals surface area contributed by atoms with Gasteiger partial charge in [0.15, 0.2) is 0 Å². The standard InChI is InChI=1S/C14H24N2O3/c1-4-16-14(2,3)13(17)15-8-6-9-18-11-12-7-5-10-19-12/h5,7,10,16H,4,6,8-9,11H2,1-3H3,(H,15,17). The first-order valence-corrected chi connectivity index (χ1v) is 6.69. The first-order valence-electron chi connectivity index (χ1n) is 6.69. The Balaban J connectivity index is 2.05. The van der Waals surface area contributed by atoms with Gasteiger partial charge in [-0.15, -0.1) is 0 Å². The smallest absolute Gasteiger partial charge is 0.239 e. The minimum Gasteiger partial charge on any atom is -0.467 e. The Morgan fingerprint density at radius 3 is 2.89 bits per heavy atom. The van der Waals surface area contributed by atoms with Crippen molar-refractivity contribution in [2.45, 2.75) is 39.3 Å². The summed E-state index contributed by atoms with van der Waals surface area (Å²) in [7, 11) is 0. The number of likely N-dealkylation sites (N-methyl/N-ethyl adjacent to an activating group) is 1. The topological polar surface area (TPSA) is 63.5 Å². The van der Waals surface area contributed by atoms with Crippen LogP contribution < -0.4 is 10.6 Å². The molecule has 1 heterocycles. The van der Waals surface area contributed by atoms with Gasteiger partial charge in [-0.1, -0.05) is 6.92 Å². The van der Waals surface area contributed by atoms with E-state index in [2.05, 4.69) is 10.6 Å². The fourth-order valence-electron chi connectivity index (χ4n) is 1.69. The first kappa shape index (κ1) is 15.7. The molecular weight excluding hydrogens is 244 g/mol. The minimum absolute atomic E-state index is 0.0142. The van der Waals surface area contributed by atoms with Crippen molar-refractivity contribution >= 4 is 5.91 Å². The molecule has 2 N–H and O–H groups in total. The van der Waals surface area contributed by atoms with E-state index in [-0.39, 0.29) is 5.91 Å². The number of carbonyl (C=O) groups excluding carboxylic acids is 1. The molecule has 0 aliphatic rings. The van der Waals surface area contributed by atoms with Gasteiger partial charge in [0.25, 0.3) is 0 Å². The molecule has 1 rings (SSSR count). The molecule has 1 aromatic rings. The average Bonchev–Trinajstić information content (AvgIpc) is 2.86. The lowest BCUT2D eigenvalue weighted by atomic mass is 10.0. The lowest BCUT2D eigenvalue weighted by Gasteiger charge is -2.24. The normalized spacial score (nSPS) is 11.5. The third-order valence-corrected chi connectivity index (χ3v) is 2.76. The third-order valence-electron chi connectivity index (χ3n) is 2.76. The van der Waals surface area contributed by atoms with Crippen LogP contribution in [0.5, 0.6) is 0 Å². The summed E-state index contributed by atoms with van der Waals surface area (Å²) < 4.78 is 10.6. The van der Waals surface area contributed by atoms with Gasteiger partial charge < -0.3 is 19.8 Å². The molecule has 0 saturated carbocycles. The Labute approximate surface area is 114 Å². The SMILES string of the molecule is CCNC(C)(C)C(=O)NCCCOCc1ccco1. The van der Waals surface area contributed by atoms with Crippen molar-refractivity contribution in [2.75, 3.05) is 19.7 Å². The van der Waals surface area contributed by atoms with E-state index >= 15 is 0 Å². The molecule has 0 atom stereocenters. The number of carbonyl (C=O) groups is 1. The number of hydrogen-bond acceptors (Lipinski definition) is 4. The van der Waals surface area contributed by atoms with E-state index in [0.717, 1.165) is 18.7 Å². The minimum atomic E-state index is -0.524. The van der Waals surface area contributed by atoms with Gasteiger partial charge in [0.1, 0.15) is 12.4 Å². The van der Waals surface area contributed by atoms with Crippen LogP contribution in [0.25, 0.3) is 0 Å². The van der Waals surface area contributed by atoms with Gasteiger partial charge in [0.2, 0.25) is 5.91 Å². The molecule has 0 fully saturated rings. The summed E-state index contributed by atoms with van der Waals surface area (Å²) in [5.41, 5.74) is -0.524. The van der Waals surface area contributed by atoms with Crippen molar-refractivity contribution in [3.8, 4) is 0 Å². The Morgan fingerprint density at radius 1 is 1.47 bits per heavy atom. The highest BCUT2D eigenvalue weighted by Crippen LogP contribution is 2.03. The Kier molecular flexibility index (Phi) is 6.59. The second-order valence-corrected chi connectivity index (χ2v) is 4.90. The Morgan fingerprint density at radius 2 is 2.26 bits per heavy atom. The van der Waals surface area contributed by atoms with Crippen LogP contribution in [-0.4, -0.2) is 31.1 Å². The number of amides is 1. The van der Waals surface area contributed by atoms with E-state index in [0.29, 0.717) is 19.8 Å². The lowest BCUT2D eigenvalue weighted by Crippen LogP contribution is -2.52. The van der Waals surface area contributed by atoms with Gasteiger partial charge in [-0.3, -0.25) is 4.79 Å². The van der Waals surface area contributed by atoms with Crippen molar-refractivity contribution in [1.82, 2.24) is 10.6 Å². The molecule has 0 bridgehead atoms. The van der Waals surface area contributed by atoms with E-state index in [1.54, 1.807) is 6.26 Å². The van der Waals surface area contributed by atoms with E-state index in [9.17, 15) is 4.79 Å². The van der Waals surface area contributed by atoms with Gasteiger partial charge >= 0.3 is 0 Å². The quantitative estimate of drug-likeness (QED) is 0.669. The van der Waals surface area contributed by atoms with Crippen molar-refractivity contribution in [3.63, 3.8) is 0 Å². The van der Waals surface area contributed by atoms with E-state index in [4.69, 9.17) is 9.15 Å².